The predicted octanol–water partition coefficient (Wildman–Crippen LogP) is 3.53. The Morgan fingerprint density at radius 2 is 2.00 bits per heavy atom. The Bertz CT molecular complexity index is 1140. The molecule has 0 aliphatic heterocycles. The summed E-state index contributed by atoms with van der Waals surface area (Å²) in [7, 11) is 1.61. The number of methoxy groups -OCH3 is 1. The lowest BCUT2D eigenvalue weighted by Gasteiger charge is -2.26. The average Bonchev–Trinajstić information content (AvgIpc) is 3.14. The summed E-state index contributed by atoms with van der Waals surface area (Å²) in [6.45, 7) is 7.89. The molecule has 8 nitrogen and oxygen atoms in total. The van der Waals surface area contributed by atoms with Crippen LogP contribution in [0.15, 0.2) is 36.4 Å². The first kappa shape index (κ1) is 23.3. The average molecular weight is 439 g/mol. The largest absolute Gasteiger partial charge is 0.497 e. The predicted molar refractivity (Wildman–Crippen MR) is 125 cm³/mol. The number of carbonyl (C=O) groups is 2. The quantitative estimate of drug-likeness (QED) is 0.561. The Kier molecular flexibility index (Phi) is 7.15. The van der Waals surface area contributed by atoms with Crippen LogP contribution in [0, 0.1) is 0 Å². The Labute approximate surface area is 187 Å². The van der Waals surface area contributed by atoms with E-state index >= 15 is 0 Å². The number of benzene rings is 2. The SMILES string of the molecule is CCn1c(-c2cccc(OC)c2)nc2cc(NC(C)=O)cc(C(=O)N(CCO)C(C)C)c21. The zero-order valence-corrected chi connectivity index (χ0v) is 19.2. The summed E-state index contributed by atoms with van der Waals surface area (Å²) in [4.78, 5) is 31.7. The lowest BCUT2D eigenvalue weighted by molar-refractivity contribution is -0.114. The fraction of sp³-hybridized carbons (Fsp3) is 0.375. The lowest BCUT2D eigenvalue weighted by atomic mass is 10.1. The number of aliphatic hydroxyl groups excluding tert-OH is 1. The van der Waals surface area contributed by atoms with E-state index in [1.165, 1.54) is 6.92 Å². The van der Waals surface area contributed by atoms with Crippen LogP contribution in [0.1, 0.15) is 38.1 Å². The Hall–Kier alpha value is -3.39. The number of imidazole rings is 1. The normalized spacial score (nSPS) is 11.1. The maximum atomic E-state index is 13.6. The van der Waals surface area contributed by atoms with Crippen molar-refractivity contribution in [3.63, 3.8) is 0 Å². The number of fused-ring (bicyclic) bond motifs is 1. The molecule has 0 unspecified atom stereocenters. The van der Waals surface area contributed by atoms with Crippen LogP contribution in [0.25, 0.3) is 22.4 Å². The topological polar surface area (TPSA) is 96.7 Å². The van der Waals surface area contributed by atoms with Crippen LogP contribution in [0.4, 0.5) is 5.69 Å². The molecule has 2 N–H and O–H groups in total. The molecule has 1 heterocycles. The second kappa shape index (κ2) is 9.82. The highest BCUT2D eigenvalue weighted by molar-refractivity contribution is 6.08. The van der Waals surface area contributed by atoms with Gasteiger partial charge in [-0.3, -0.25) is 9.59 Å². The third kappa shape index (κ3) is 4.60. The van der Waals surface area contributed by atoms with Crippen LogP contribution in [0.2, 0.25) is 0 Å². The number of nitrogens with zero attached hydrogens (tertiary/aromatic N) is 3. The highest BCUT2D eigenvalue weighted by Crippen LogP contribution is 2.32. The summed E-state index contributed by atoms with van der Waals surface area (Å²) >= 11 is 0. The summed E-state index contributed by atoms with van der Waals surface area (Å²) in [5.41, 5.74) is 3.08. The molecule has 0 spiro atoms. The third-order valence-electron chi connectivity index (χ3n) is 5.26. The van der Waals surface area contributed by atoms with Gasteiger partial charge in [-0.05, 0) is 45.0 Å². The van der Waals surface area contributed by atoms with Crippen molar-refractivity contribution in [2.45, 2.75) is 40.3 Å². The van der Waals surface area contributed by atoms with Crippen LogP contribution in [0.5, 0.6) is 5.75 Å². The fourth-order valence-electron chi connectivity index (χ4n) is 3.85. The summed E-state index contributed by atoms with van der Waals surface area (Å²) < 4.78 is 7.36. The summed E-state index contributed by atoms with van der Waals surface area (Å²) in [6, 6.07) is 10.9. The molecule has 170 valence electrons. The summed E-state index contributed by atoms with van der Waals surface area (Å²) in [6.07, 6.45) is 0. The molecule has 0 bridgehead atoms. The van der Waals surface area contributed by atoms with E-state index in [4.69, 9.17) is 9.72 Å². The smallest absolute Gasteiger partial charge is 0.256 e. The summed E-state index contributed by atoms with van der Waals surface area (Å²) in [5.74, 6) is 0.954. The van der Waals surface area contributed by atoms with Crippen molar-refractivity contribution in [1.29, 1.82) is 0 Å². The molecule has 3 rings (SSSR count). The van der Waals surface area contributed by atoms with Gasteiger partial charge in [0.25, 0.3) is 5.91 Å². The number of aromatic nitrogens is 2. The van der Waals surface area contributed by atoms with Gasteiger partial charge >= 0.3 is 0 Å². The minimum absolute atomic E-state index is 0.107. The van der Waals surface area contributed by atoms with Gasteiger partial charge in [0, 0.05) is 37.3 Å². The Morgan fingerprint density at radius 3 is 2.59 bits per heavy atom. The zero-order valence-electron chi connectivity index (χ0n) is 19.2. The van der Waals surface area contributed by atoms with Crippen LogP contribution in [-0.2, 0) is 11.3 Å². The molecule has 0 saturated heterocycles. The Balaban J connectivity index is 2.29. The van der Waals surface area contributed by atoms with Crippen LogP contribution in [-0.4, -0.2) is 57.7 Å². The van der Waals surface area contributed by atoms with Gasteiger partial charge in [0.15, 0.2) is 0 Å². The number of carbonyl (C=O) groups excluding carboxylic acids is 2. The zero-order chi connectivity index (χ0) is 23.4. The van der Waals surface area contributed by atoms with Crippen molar-refractivity contribution in [1.82, 2.24) is 14.5 Å². The number of aliphatic hydroxyl groups is 1. The van der Waals surface area contributed by atoms with Crippen LogP contribution in [0.3, 0.4) is 0 Å². The van der Waals surface area contributed by atoms with E-state index in [9.17, 15) is 14.7 Å². The van der Waals surface area contributed by atoms with Gasteiger partial charge in [-0.15, -0.1) is 0 Å². The molecule has 8 heteroatoms. The molecular weight excluding hydrogens is 408 g/mol. The number of amides is 2. The minimum atomic E-state index is -0.234. The van der Waals surface area contributed by atoms with E-state index in [2.05, 4.69) is 5.32 Å². The van der Waals surface area contributed by atoms with Crippen molar-refractivity contribution in [2.24, 2.45) is 0 Å². The van der Waals surface area contributed by atoms with Crippen molar-refractivity contribution in [2.75, 3.05) is 25.6 Å². The number of anilines is 1. The van der Waals surface area contributed by atoms with E-state index in [0.717, 1.165) is 5.56 Å². The Morgan fingerprint density at radius 1 is 1.25 bits per heavy atom. The fourth-order valence-corrected chi connectivity index (χ4v) is 3.85. The van der Waals surface area contributed by atoms with Gasteiger partial charge in [-0.1, -0.05) is 12.1 Å². The molecule has 0 saturated carbocycles. The molecule has 1 aromatic heterocycles. The third-order valence-corrected chi connectivity index (χ3v) is 5.26. The number of hydrogen-bond donors (Lipinski definition) is 2. The van der Waals surface area contributed by atoms with E-state index < -0.39 is 0 Å². The molecule has 0 aliphatic carbocycles. The number of hydrogen-bond acceptors (Lipinski definition) is 5. The molecule has 0 fully saturated rings. The van der Waals surface area contributed by atoms with Gasteiger partial charge in [-0.25, -0.2) is 4.98 Å². The molecular formula is C24H30N4O4. The van der Waals surface area contributed by atoms with Gasteiger partial charge in [-0.2, -0.15) is 0 Å². The lowest BCUT2D eigenvalue weighted by Crippen LogP contribution is -2.39. The first-order valence-electron chi connectivity index (χ1n) is 10.7. The molecule has 0 aliphatic rings. The van der Waals surface area contributed by atoms with E-state index in [1.807, 2.05) is 49.6 Å². The number of ether oxygens (including phenoxy) is 1. The molecule has 0 radical (unpaired) electrons. The van der Waals surface area contributed by atoms with Gasteiger partial charge in [0.05, 0.1) is 30.3 Å². The first-order valence-corrected chi connectivity index (χ1v) is 10.7. The standard InChI is InChI=1S/C24H30N4O4/c1-6-27-22-20(24(31)28(10-11-29)15(2)3)13-18(25-16(4)30)14-21(22)26-23(27)17-8-7-9-19(12-17)32-5/h7-9,12-15,29H,6,10-11H2,1-5H3,(H,25,30). The second-order valence-corrected chi connectivity index (χ2v) is 7.80. The van der Waals surface area contributed by atoms with Crippen LogP contribution >= 0.6 is 0 Å². The molecule has 32 heavy (non-hydrogen) atoms. The molecule has 0 atom stereocenters. The molecule has 3 aromatic rings. The van der Waals surface area contributed by atoms with Crippen LogP contribution < -0.4 is 10.1 Å². The number of aryl methyl sites for hydroxylation is 1. The van der Waals surface area contributed by atoms with E-state index in [1.54, 1.807) is 24.1 Å². The highest BCUT2D eigenvalue weighted by atomic mass is 16.5. The maximum absolute atomic E-state index is 13.6. The molecule has 2 amide bonds. The number of rotatable bonds is 8. The minimum Gasteiger partial charge on any atom is -0.497 e. The first-order chi connectivity index (χ1) is 15.3. The number of nitrogens with one attached hydrogen (secondary N) is 1. The van der Waals surface area contributed by atoms with Crippen molar-refractivity contribution < 1.29 is 19.4 Å². The maximum Gasteiger partial charge on any atom is 0.256 e. The van der Waals surface area contributed by atoms with Gasteiger partial charge in [0.1, 0.15) is 11.6 Å². The van der Waals surface area contributed by atoms with E-state index in [-0.39, 0.29) is 31.0 Å². The highest BCUT2D eigenvalue weighted by Gasteiger charge is 2.25. The second-order valence-electron chi connectivity index (χ2n) is 7.80. The molecule has 2 aromatic carbocycles. The van der Waals surface area contributed by atoms with Gasteiger partial charge < -0.3 is 24.6 Å². The van der Waals surface area contributed by atoms with Crippen molar-refractivity contribution in [3.8, 4) is 17.1 Å². The van der Waals surface area contributed by atoms with Crippen molar-refractivity contribution in [3.05, 3.63) is 42.0 Å². The van der Waals surface area contributed by atoms with E-state index in [0.29, 0.717) is 40.4 Å². The van der Waals surface area contributed by atoms with Crippen molar-refractivity contribution >= 4 is 28.5 Å². The summed E-state index contributed by atoms with van der Waals surface area (Å²) in [5, 5.41) is 12.3. The monoisotopic (exact) mass is 438 g/mol. The van der Waals surface area contributed by atoms with Gasteiger partial charge in [0.2, 0.25) is 5.91 Å².